The van der Waals surface area contributed by atoms with Crippen molar-refractivity contribution in [2.45, 2.75) is 26.8 Å². The van der Waals surface area contributed by atoms with Gasteiger partial charge in [0.2, 0.25) is 0 Å². The van der Waals surface area contributed by atoms with E-state index in [1.54, 1.807) is 19.1 Å². The number of hydrogen-bond acceptors (Lipinski definition) is 1. The molecule has 106 valence electrons. The van der Waals surface area contributed by atoms with Crippen LogP contribution in [0.15, 0.2) is 36.4 Å². The van der Waals surface area contributed by atoms with Crippen molar-refractivity contribution in [3.05, 3.63) is 59.2 Å². The van der Waals surface area contributed by atoms with Gasteiger partial charge in [-0.3, -0.25) is 0 Å². The van der Waals surface area contributed by atoms with Gasteiger partial charge in [0.15, 0.2) is 0 Å². The van der Waals surface area contributed by atoms with E-state index in [1.807, 2.05) is 6.07 Å². The van der Waals surface area contributed by atoms with Crippen molar-refractivity contribution in [3.8, 4) is 11.1 Å². The molecule has 3 heteroatoms. The molecule has 1 N–H and O–H groups in total. The van der Waals surface area contributed by atoms with Crippen LogP contribution >= 0.6 is 0 Å². The van der Waals surface area contributed by atoms with E-state index >= 15 is 0 Å². The second-order valence-corrected chi connectivity index (χ2v) is 4.94. The van der Waals surface area contributed by atoms with Crippen molar-refractivity contribution >= 4 is 0 Å². The van der Waals surface area contributed by atoms with E-state index in [4.69, 9.17) is 0 Å². The van der Waals surface area contributed by atoms with E-state index < -0.39 is 0 Å². The minimum atomic E-state index is -0.269. The lowest BCUT2D eigenvalue weighted by atomic mass is 9.98. The Labute approximate surface area is 118 Å². The van der Waals surface area contributed by atoms with E-state index in [0.29, 0.717) is 12.1 Å². The number of rotatable bonds is 5. The summed E-state index contributed by atoms with van der Waals surface area (Å²) in [7, 11) is 0. The van der Waals surface area contributed by atoms with E-state index in [1.165, 1.54) is 18.2 Å². The molecule has 0 fully saturated rings. The summed E-state index contributed by atoms with van der Waals surface area (Å²) in [6.45, 7) is 5.26. The second-order valence-electron chi connectivity index (χ2n) is 4.94. The molecule has 0 amide bonds. The molecule has 0 aliphatic rings. The Morgan fingerprint density at radius 1 is 1.05 bits per heavy atom. The Hall–Kier alpha value is -1.74. The van der Waals surface area contributed by atoms with E-state index in [9.17, 15) is 8.78 Å². The van der Waals surface area contributed by atoms with Crippen LogP contribution in [0.25, 0.3) is 11.1 Å². The number of benzene rings is 2. The van der Waals surface area contributed by atoms with Crippen molar-refractivity contribution in [1.29, 1.82) is 0 Å². The summed E-state index contributed by atoms with van der Waals surface area (Å²) in [6.07, 6.45) is 1.02. The molecule has 0 heterocycles. The maximum absolute atomic E-state index is 13.7. The van der Waals surface area contributed by atoms with Crippen LogP contribution < -0.4 is 5.32 Å². The summed E-state index contributed by atoms with van der Waals surface area (Å²) in [4.78, 5) is 0. The molecule has 0 aliphatic carbocycles. The zero-order valence-electron chi connectivity index (χ0n) is 11.8. The fourth-order valence-electron chi connectivity index (χ4n) is 2.15. The Morgan fingerprint density at radius 3 is 2.55 bits per heavy atom. The Balaban J connectivity index is 2.36. The highest BCUT2D eigenvalue weighted by atomic mass is 19.1. The second kappa shape index (κ2) is 6.62. The van der Waals surface area contributed by atoms with Gasteiger partial charge in [-0.25, -0.2) is 8.78 Å². The zero-order valence-corrected chi connectivity index (χ0v) is 11.8. The van der Waals surface area contributed by atoms with Crippen LogP contribution in [0.1, 0.15) is 24.5 Å². The molecule has 20 heavy (non-hydrogen) atoms. The van der Waals surface area contributed by atoms with Gasteiger partial charge in [0.05, 0.1) is 0 Å². The van der Waals surface area contributed by atoms with Gasteiger partial charge in [0.1, 0.15) is 11.6 Å². The molecule has 2 aromatic carbocycles. The van der Waals surface area contributed by atoms with E-state index in [-0.39, 0.29) is 11.6 Å². The van der Waals surface area contributed by atoms with E-state index in [0.717, 1.165) is 29.7 Å². The monoisotopic (exact) mass is 275 g/mol. The summed E-state index contributed by atoms with van der Waals surface area (Å²) < 4.78 is 27.1. The summed E-state index contributed by atoms with van der Waals surface area (Å²) in [5.41, 5.74) is 3.11. The van der Waals surface area contributed by atoms with Crippen molar-refractivity contribution < 1.29 is 8.78 Å². The zero-order chi connectivity index (χ0) is 14.5. The fraction of sp³-hybridized carbons (Fsp3) is 0.294. The number of nitrogens with one attached hydrogen (secondary N) is 1. The lowest BCUT2D eigenvalue weighted by Gasteiger charge is -2.11. The molecule has 0 saturated heterocycles. The largest absolute Gasteiger partial charge is 0.313 e. The van der Waals surface area contributed by atoms with Crippen LogP contribution in [-0.4, -0.2) is 6.54 Å². The van der Waals surface area contributed by atoms with Gasteiger partial charge in [0.25, 0.3) is 0 Å². The van der Waals surface area contributed by atoms with Crippen LogP contribution in [-0.2, 0) is 6.54 Å². The molecule has 2 rings (SSSR count). The van der Waals surface area contributed by atoms with E-state index in [2.05, 4.69) is 12.2 Å². The van der Waals surface area contributed by atoms with Crippen LogP contribution in [0, 0.1) is 18.6 Å². The number of aryl methyl sites for hydroxylation is 1. The Morgan fingerprint density at radius 2 is 1.85 bits per heavy atom. The molecule has 0 spiro atoms. The molecule has 0 radical (unpaired) electrons. The first-order valence-corrected chi connectivity index (χ1v) is 6.87. The molecule has 0 unspecified atom stereocenters. The smallest absolute Gasteiger partial charge is 0.126 e. The average Bonchev–Trinajstić information content (AvgIpc) is 2.43. The van der Waals surface area contributed by atoms with Crippen LogP contribution in [0.2, 0.25) is 0 Å². The van der Waals surface area contributed by atoms with Crippen LogP contribution in [0.3, 0.4) is 0 Å². The first-order chi connectivity index (χ1) is 9.61. The first-order valence-electron chi connectivity index (χ1n) is 6.87. The third-order valence-corrected chi connectivity index (χ3v) is 3.29. The number of halogens is 2. The lowest BCUT2D eigenvalue weighted by molar-refractivity contribution is 0.617. The molecule has 0 bridgehead atoms. The van der Waals surface area contributed by atoms with Gasteiger partial charge < -0.3 is 5.32 Å². The molecular formula is C17H19F2N. The van der Waals surface area contributed by atoms with Gasteiger partial charge >= 0.3 is 0 Å². The quantitative estimate of drug-likeness (QED) is 0.795. The molecule has 0 atom stereocenters. The normalized spacial score (nSPS) is 10.8. The SMILES string of the molecule is CCCNCc1cc(F)ccc1-c1ccc(C)c(F)c1. The van der Waals surface area contributed by atoms with Gasteiger partial charge in [-0.05, 0) is 60.3 Å². The maximum atomic E-state index is 13.7. The summed E-state index contributed by atoms with van der Waals surface area (Å²) in [6, 6.07) is 9.76. The van der Waals surface area contributed by atoms with Crippen molar-refractivity contribution in [2.75, 3.05) is 6.54 Å². The average molecular weight is 275 g/mol. The summed E-state index contributed by atoms with van der Waals surface area (Å²) >= 11 is 0. The molecule has 1 nitrogen and oxygen atoms in total. The van der Waals surface area contributed by atoms with Gasteiger partial charge in [-0.15, -0.1) is 0 Å². The number of hydrogen-bond donors (Lipinski definition) is 1. The first kappa shape index (κ1) is 14.7. The van der Waals surface area contributed by atoms with Crippen LogP contribution in [0.4, 0.5) is 8.78 Å². The maximum Gasteiger partial charge on any atom is 0.126 e. The molecule has 2 aromatic rings. The molecule has 0 aromatic heterocycles. The highest BCUT2D eigenvalue weighted by Gasteiger charge is 2.08. The standard InChI is InChI=1S/C17H19F2N/c1-3-8-20-11-14-9-15(18)6-7-16(14)13-5-4-12(2)17(19)10-13/h4-7,9-10,20H,3,8,11H2,1-2H3. The lowest BCUT2D eigenvalue weighted by Crippen LogP contribution is -2.14. The minimum absolute atomic E-state index is 0.237. The van der Waals surface area contributed by atoms with Crippen LogP contribution in [0.5, 0.6) is 0 Å². The van der Waals surface area contributed by atoms with Crippen molar-refractivity contribution in [2.24, 2.45) is 0 Å². The Bertz CT molecular complexity index is 594. The molecular weight excluding hydrogens is 256 g/mol. The Kier molecular flexibility index (Phi) is 4.85. The predicted octanol–water partition coefficient (Wildman–Crippen LogP) is 4.44. The highest BCUT2D eigenvalue weighted by molar-refractivity contribution is 5.67. The fourth-order valence-corrected chi connectivity index (χ4v) is 2.15. The van der Waals surface area contributed by atoms with Crippen molar-refractivity contribution in [1.82, 2.24) is 5.32 Å². The summed E-state index contributed by atoms with van der Waals surface area (Å²) in [5.74, 6) is -0.506. The summed E-state index contributed by atoms with van der Waals surface area (Å²) in [5, 5.41) is 3.25. The minimum Gasteiger partial charge on any atom is -0.313 e. The third kappa shape index (κ3) is 3.42. The van der Waals surface area contributed by atoms with Crippen molar-refractivity contribution in [3.63, 3.8) is 0 Å². The highest BCUT2D eigenvalue weighted by Crippen LogP contribution is 2.26. The third-order valence-electron chi connectivity index (χ3n) is 3.29. The molecule has 0 saturated carbocycles. The predicted molar refractivity (Wildman–Crippen MR) is 78.5 cm³/mol. The van der Waals surface area contributed by atoms with Gasteiger partial charge in [-0.2, -0.15) is 0 Å². The topological polar surface area (TPSA) is 12.0 Å². The van der Waals surface area contributed by atoms with Gasteiger partial charge in [0, 0.05) is 6.54 Å². The molecule has 0 aliphatic heterocycles. The van der Waals surface area contributed by atoms with Gasteiger partial charge in [-0.1, -0.05) is 25.1 Å².